The van der Waals surface area contributed by atoms with E-state index in [4.69, 9.17) is 14.0 Å². The second-order valence-electron chi connectivity index (χ2n) is 6.85. The van der Waals surface area contributed by atoms with Crippen LogP contribution in [0.4, 0.5) is 0 Å². The Morgan fingerprint density at radius 1 is 1.17 bits per heavy atom. The summed E-state index contributed by atoms with van der Waals surface area (Å²) in [6, 6.07) is 3.59. The lowest BCUT2D eigenvalue weighted by Crippen LogP contribution is -2.41. The Morgan fingerprint density at radius 3 is 2.26 bits per heavy atom. The first-order valence-electron chi connectivity index (χ1n) is 7.62. The topological polar surface area (TPSA) is 74.7 Å². The molecule has 0 bridgehead atoms. The molecule has 6 nitrogen and oxygen atoms in total. The number of hydrogen-bond acceptors (Lipinski definition) is 6. The molecule has 8 heteroatoms. The molecule has 1 fully saturated rings. The van der Waals surface area contributed by atoms with Gasteiger partial charge >= 0.3 is 7.12 Å². The van der Waals surface area contributed by atoms with E-state index in [9.17, 15) is 8.42 Å². The van der Waals surface area contributed by atoms with Gasteiger partial charge in [0.2, 0.25) is 5.88 Å². The number of aromatic nitrogens is 1. The molecule has 2 heterocycles. The van der Waals surface area contributed by atoms with Crippen molar-refractivity contribution in [3.05, 3.63) is 18.3 Å². The number of ether oxygens (including phenoxy) is 1. The molecule has 0 saturated carbocycles. The van der Waals surface area contributed by atoms with Gasteiger partial charge in [0, 0.05) is 17.9 Å². The molecule has 2 rings (SSSR count). The van der Waals surface area contributed by atoms with Crippen LogP contribution in [0, 0.1) is 0 Å². The zero-order valence-corrected chi connectivity index (χ0v) is 15.1. The van der Waals surface area contributed by atoms with Crippen molar-refractivity contribution >= 4 is 22.4 Å². The highest BCUT2D eigenvalue weighted by Gasteiger charge is 2.51. The van der Waals surface area contributed by atoms with Gasteiger partial charge < -0.3 is 14.0 Å². The highest BCUT2D eigenvalue weighted by molar-refractivity contribution is 7.90. The third-order valence-electron chi connectivity index (χ3n) is 4.19. The molecule has 0 aromatic carbocycles. The van der Waals surface area contributed by atoms with Gasteiger partial charge in [-0.1, -0.05) is 6.07 Å². The molecule has 0 N–H and O–H groups in total. The zero-order chi connectivity index (χ0) is 17.3. The molecule has 0 amide bonds. The molecule has 23 heavy (non-hydrogen) atoms. The molecule has 1 aromatic heterocycles. The van der Waals surface area contributed by atoms with Crippen LogP contribution in [0.3, 0.4) is 0 Å². The van der Waals surface area contributed by atoms with Gasteiger partial charge in [-0.05, 0) is 40.2 Å². The second-order valence-corrected chi connectivity index (χ2v) is 9.11. The SMILES string of the molecule is CC1(C)OB(c2ccc(OCCCS(C)(=O)=O)nc2)OC1(C)C. The van der Waals surface area contributed by atoms with Crippen molar-refractivity contribution < 1.29 is 22.5 Å². The number of pyridine rings is 1. The lowest BCUT2D eigenvalue weighted by Gasteiger charge is -2.32. The van der Waals surface area contributed by atoms with Gasteiger partial charge in [0.05, 0.1) is 23.6 Å². The van der Waals surface area contributed by atoms with E-state index in [0.717, 1.165) is 5.46 Å². The molecule has 0 spiro atoms. The van der Waals surface area contributed by atoms with Crippen molar-refractivity contribution in [3.63, 3.8) is 0 Å². The van der Waals surface area contributed by atoms with E-state index >= 15 is 0 Å². The van der Waals surface area contributed by atoms with Gasteiger partial charge in [0.1, 0.15) is 9.84 Å². The van der Waals surface area contributed by atoms with Crippen LogP contribution < -0.4 is 10.2 Å². The number of nitrogens with zero attached hydrogens (tertiary/aromatic N) is 1. The highest BCUT2D eigenvalue weighted by Crippen LogP contribution is 2.36. The summed E-state index contributed by atoms with van der Waals surface area (Å²) in [7, 11) is -3.40. The normalized spacial score (nSPS) is 19.8. The van der Waals surface area contributed by atoms with Crippen molar-refractivity contribution in [1.29, 1.82) is 0 Å². The third-order valence-corrected chi connectivity index (χ3v) is 5.22. The lowest BCUT2D eigenvalue weighted by atomic mass is 9.80. The Bertz CT molecular complexity index is 626. The summed E-state index contributed by atoms with van der Waals surface area (Å²) in [5.74, 6) is 0.567. The van der Waals surface area contributed by atoms with Gasteiger partial charge in [0.15, 0.2) is 0 Å². The maximum Gasteiger partial charge on any atom is 0.496 e. The molecule has 128 valence electrons. The summed E-state index contributed by atoms with van der Waals surface area (Å²) in [5, 5.41) is 0. The Hall–Kier alpha value is -1.12. The number of sulfone groups is 1. The van der Waals surface area contributed by atoms with Crippen molar-refractivity contribution in [2.45, 2.75) is 45.3 Å². The average Bonchev–Trinajstić information content (AvgIpc) is 2.63. The third kappa shape index (κ3) is 4.68. The number of hydrogen-bond donors (Lipinski definition) is 0. The van der Waals surface area contributed by atoms with E-state index in [1.54, 1.807) is 12.3 Å². The Kier molecular flexibility index (Phi) is 5.08. The van der Waals surface area contributed by atoms with Gasteiger partial charge in [-0.3, -0.25) is 0 Å². The fraction of sp³-hybridized carbons (Fsp3) is 0.667. The minimum Gasteiger partial charge on any atom is -0.478 e. The van der Waals surface area contributed by atoms with E-state index in [2.05, 4.69) is 4.98 Å². The molecule has 1 saturated heterocycles. The van der Waals surface area contributed by atoms with Crippen LogP contribution in [0.15, 0.2) is 18.3 Å². The largest absolute Gasteiger partial charge is 0.496 e. The first-order chi connectivity index (χ1) is 10.5. The minimum atomic E-state index is -2.95. The fourth-order valence-electron chi connectivity index (χ4n) is 2.09. The monoisotopic (exact) mass is 341 g/mol. The van der Waals surface area contributed by atoms with Crippen LogP contribution in [0.5, 0.6) is 5.88 Å². The molecular weight excluding hydrogens is 317 g/mol. The second kappa shape index (κ2) is 6.41. The van der Waals surface area contributed by atoms with Crippen molar-refractivity contribution in [3.8, 4) is 5.88 Å². The van der Waals surface area contributed by atoms with Crippen LogP contribution in [0.25, 0.3) is 0 Å². The molecule has 0 radical (unpaired) electrons. The minimum absolute atomic E-state index is 0.110. The standard InChI is InChI=1S/C15H24BNO5S/c1-14(2)15(3,4)22-16(21-14)12-7-8-13(17-11-12)20-9-6-10-23(5,18)19/h7-8,11H,6,9-10H2,1-5H3. The summed E-state index contributed by atoms with van der Waals surface area (Å²) < 4.78 is 39.4. The van der Waals surface area contributed by atoms with Gasteiger partial charge in [-0.25, -0.2) is 13.4 Å². The molecule has 0 aliphatic carbocycles. The summed E-state index contributed by atoms with van der Waals surface area (Å²) >= 11 is 0. The number of rotatable bonds is 6. The Labute approximate surface area is 138 Å². The van der Waals surface area contributed by atoms with E-state index in [0.29, 0.717) is 18.9 Å². The fourth-order valence-corrected chi connectivity index (χ4v) is 2.74. The highest BCUT2D eigenvalue weighted by atomic mass is 32.2. The summed E-state index contributed by atoms with van der Waals surface area (Å²) in [5.41, 5.74) is 0.0453. The van der Waals surface area contributed by atoms with Crippen LogP contribution in [-0.4, -0.2) is 50.3 Å². The van der Waals surface area contributed by atoms with E-state index < -0.39 is 28.2 Å². The van der Waals surface area contributed by atoms with Crippen molar-refractivity contribution in [2.24, 2.45) is 0 Å². The predicted molar refractivity (Wildman–Crippen MR) is 89.8 cm³/mol. The lowest BCUT2D eigenvalue weighted by molar-refractivity contribution is 0.00578. The summed E-state index contributed by atoms with van der Waals surface area (Å²) in [6.45, 7) is 8.31. The smallest absolute Gasteiger partial charge is 0.478 e. The Morgan fingerprint density at radius 2 is 1.78 bits per heavy atom. The molecule has 0 unspecified atom stereocenters. The first kappa shape index (κ1) is 18.2. The van der Waals surface area contributed by atoms with E-state index in [-0.39, 0.29) is 5.75 Å². The van der Waals surface area contributed by atoms with Crippen molar-refractivity contribution in [2.75, 3.05) is 18.6 Å². The molecular formula is C15H24BNO5S. The van der Waals surface area contributed by atoms with Crippen LogP contribution >= 0.6 is 0 Å². The maximum atomic E-state index is 11.0. The summed E-state index contributed by atoms with van der Waals surface area (Å²) in [4.78, 5) is 4.22. The summed E-state index contributed by atoms with van der Waals surface area (Å²) in [6.07, 6.45) is 3.32. The molecule has 1 aliphatic rings. The predicted octanol–water partition coefficient (Wildman–Crippen LogP) is 1.19. The van der Waals surface area contributed by atoms with Gasteiger partial charge in [-0.15, -0.1) is 0 Å². The Balaban J connectivity index is 1.91. The van der Waals surface area contributed by atoms with Crippen LogP contribution in [0.2, 0.25) is 0 Å². The molecule has 1 aliphatic heterocycles. The molecule has 0 atom stereocenters. The van der Waals surface area contributed by atoms with Crippen LogP contribution in [0.1, 0.15) is 34.1 Å². The molecule has 1 aromatic rings. The van der Waals surface area contributed by atoms with Crippen LogP contribution in [-0.2, 0) is 19.1 Å². The average molecular weight is 341 g/mol. The maximum absolute atomic E-state index is 11.0. The van der Waals surface area contributed by atoms with Gasteiger partial charge in [0.25, 0.3) is 0 Å². The zero-order valence-electron chi connectivity index (χ0n) is 14.3. The van der Waals surface area contributed by atoms with E-state index in [1.165, 1.54) is 6.26 Å². The van der Waals surface area contributed by atoms with E-state index in [1.807, 2.05) is 33.8 Å². The first-order valence-corrected chi connectivity index (χ1v) is 9.68. The van der Waals surface area contributed by atoms with Gasteiger partial charge in [-0.2, -0.15) is 0 Å². The quantitative estimate of drug-likeness (QED) is 0.572. The van der Waals surface area contributed by atoms with Crippen molar-refractivity contribution in [1.82, 2.24) is 4.98 Å².